The molecule has 0 bridgehead atoms. The van der Waals surface area contributed by atoms with Gasteiger partial charge in [-0.3, -0.25) is 0 Å². The zero-order valence-corrected chi connectivity index (χ0v) is 8.90. The Kier molecular flexibility index (Phi) is 2.12. The molecule has 0 radical (unpaired) electrons. The molecule has 1 fully saturated rings. The third kappa shape index (κ3) is 1.89. The van der Waals surface area contributed by atoms with Crippen LogP contribution in [0.4, 0.5) is 0 Å². The van der Waals surface area contributed by atoms with Gasteiger partial charge in [-0.25, -0.2) is 0 Å². The maximum absolute atomic E-state index is 6.17. The summed E-state index contributed by atoms with van der Waals surface area (Å²) >= 11 is 1.66. The molecule has 0 spiro atoms. The molecule has 13 heavy (non-hydrogen) atoms. The monoisotopic (exact) mass is 197 g/mol. The Hall–Kier alpha value is -0.480. The SMILES string of the molecule is Cc1nnc(CC2(N)CC(C)C2)s1. The van der Waals surface area contributed by atoms with E-state index in [-0.39, 0.29) is 5.54 Å². The van der Waals surface area contributed by atoms with Gasteiger partial charge in [0.2, 0.25) is 0 Å². The Morgan fingerprint density at radius 3 is 2.69 bits per heavy atom. The highest BCUT2D eigenvalue weighted by atomic mass is 32.1. The van der Waals surface area contributed by atoms with Gasteiger partial charge < -0.3 is 5.73 Å². The van der Waals surface area contributed by atoms with Crippen molar-refractivity contribution >= 4 is 11.3 Å². The van der Waals surface area contributed by atoms with Crippen LogP contribution < -0.4 is 5.73 Å². The van der Waals surface area contributed by atoms with Gasteiger partial charge in [-0.1, -0.05) is 6.92 Å². The Morgan fingerprint density at radius 2 is 2.23 bits per heavy atom. The molecule has 1 heterocycles. The predicted molar refractivity (Wildman–Crippen MR) is 53.7 cm³/mol. The molecule has 2 N–H and O–H groups in total. The fourth-order valence-electron chi connectivity index (χ4n) is 2.18. The summed E-state index contributed by atoms with van der Waals surface area (Å²) in [4.78, 5) is 0. The molecule has 1 aliphatic rings. The van der Waals surface area contributed by atoms with Gasteiger partial charge in [0.05, 0.1) is 0 Å². The van der Waals surface area contributed by atoms with E-state index in [0.29, 0.717) is 0 Å². The molecule has 1 saturated carbocycles. The van der Waals surface area contributed by atoms with Crippen LogP contribution in [0.2, 0.25) is 0 Å². The minimum absolute atomic E-state index is 0.0192. The zero-order valence-electron chi connectivity index (χ0n) is 8.08. The van der Waals surface area contributed by atoms with E-state index in [1.165, 1.54) is 0 Å². The van der Waals surface area contributed by atoms with Gasteiger partial charge in [0, 0.05) is 12.0 Å². The van der Waals surface area contributed by atoms with Crippen LogP contribution >= 0.6 is 11.3 Å². The van der Waals surface area contributed by atoms with Gasteiger partial charge in [-0.15, -0.1) is 21.5 Å². The van der Waals surface area contributed by atoms with E-state index in [1.54, 1.807) is 11.3 Å². The number of aromatic nitrogens is 2. The highest BCUT2D eigenvalue weighted by molar-refractivity contribution is 7.11. The van der Waals surface area contributed by atoms with Crippen molar-refractivity contribution in [1.29, 1.82) is 0 Å². The van der Waals surface area contributed by atoms with Crippen molar-refractivity contribution in [3.63, 3.8) is 0 Å². The normalized spacial score (nSPS) is 33.0. The smallest absolute Gasteiger partial charge is 0.119 e. The molecule has 0 atom stereocenters. The molecule has 1 aromatic heterocycles. The zero-order chi connectivity index (χ0) is 9.47. The van der Waals surface area contributed by atoms with Gasteiger partial charge in [0.25, 0.3) is 0 Å². The summed E-state index contributed by atoms with van der Waals surface area (Å²) in [6.07, 6.45) is 3.17. The van der Waals surface area contributed by atoms with Crippen molar-refractivity contribution < 1.29 is 0 Å². The Morgan fingerprint density at radius 1 is 1.54 bits per heavy atom. The average Bonchev–Trinajstić information content (AvgIpc) is 2.32. The Labute approximate surface area is 82.4 Å². The van der Waals surface area contributed by atoms with E-state index in [2.05, 4.69) is 17.1 Å². The predicted octanol–water partition coefficient (Wildman–Crippen LogP) is 1.52. The number of hydrogen-bond donors (Lipinski definition) is 1. The molecule has 0 saturated heterocycles. The summed E-state index contributed by atoms with van der Waals surface area (Å²) in [5.74, 6) is 0.791. The second-order valence-corrected chi connectivity index (χ2v) is 5.53. The van der Waals surface area contributed by atoms with Gasteiger partial charge >= 0.3 is 0 Å². The summed E-state index contributed by atoms with van der Waals surface area (Å²) in [5, 5.41) is 10.2. The third-order valence-electron chi connectivity index (χ3n) is 2.58. The van der Waals surface area contributed by atoms with Crippen LogP contribution in [0.1, 0.15) is 29.8 Å². The van der Waals surface area contributed by atoms with Crippen molar-refractivity contribution in [2.45, 2.75) is 38.6 Å². The molecule has 4 heteroatoms. The number of aryl methyl sites for hydroxylation is 1. The molecule has 0 amide bonds. The number of nitrogens with zero attached hydrogens (tertiary/aromatic N) is 2. The molecule has 72 valence electrons. The second-order valence-electron chi connectivity index (χ2n) is 4.27. The molecule has 0 aromatic carbocycles. The first-order valence-electron chi connectivity index (χ1n) is 4.65. The summed E-state index contributed by atoms with van der Waals surface area (Å²) in [6, 6.07) is 0. The van der Waals surface area contributed by atoms with Crippen LogP contribution in [0.25, 0.3) is 0 Å². The first kappa shape index (κ1) is 9.09. The van der Waals surface area contributed by atoms with E-state index >= 15 is 0 Å². The number of hydrogen-bond acceptors (Lipinski definition) is 4. The van der Waals surface area contributed by atoms with Crippen LogP contribution in [0.15, 0.2) is 0 Å². The molecule has 2 rings (SSSR count). The maximum atomic E-state index is 6.17. The highest BCUT2D eigenvalue weighted by Gasteiger charge is 2.39. The molecular weight excluding hydrogens is 182 g/mol. The van der Waals surface area contributed by atoms with E-state index in [4.69, 9.17) is 5.73 Å². The largest absolute Gasteiger partial charge is 0.325 e. The maximum Gasteiger partial charge on any atom is 0.119 e. The van der Waals surface area contributed by atoms with Crippen LogP contribution in [0.5, 0.6) is 0 Å². The molecular formula is C9H15N3S. The van der Waals surface area contributed by atoms with Gasteiger partial charge in [0.15, 0.2) is 0 Å². The first-order chi connectivity index (χ1) is 6.07. The van der Waals surface area contributed by atoms with Crippen LogP contribution in [-0.2, 0) is 6.42 Å². The van der Waals surface area contributed by atoms with Crippen molar-refractivity contribution in [2.75, 3.05) is 0 Å². The molecule has 1 aliphatic carbocycles. The summed E-state index contributed by atoms with van der Waals surface area (Å²) in [5.41, 5.74) is 6.19. The van der Waals surface area contributed by atoms with Crippen molar-refractivity contribution in [2.24, 2.45) is 11.7 Å². The minimum atomic E-state index is 0.0192. The first-order valence-corrected chi connectivity index (χ1v) is 5.47. The lowest BCUT2D eigenvalue weighted by Gasteiger charge is -2.43. The lowest BCUT2D eigenvalue weighted by molar-refractivity contribution is 0.162. The molecule has 0 aliphatic heterocycles. The molecule has 3 nitrogen and oxygen atoms in total. The van der Waals surface area contributed by atoms with E-state index in [0.717, 1.165) is 35.2 Å². The highest BCUT2D eigenvalue weighted by Crippen LogP contribution is 2.37. The average molecular weight is 197 g/mol. The van der Waals surface area contributed by atoms with Crippen molar-refractivity contribution in [3.05, 3.63) is 10.0 Å². The van der Waals surface area contributed by atoms with Crippen LogP contribution in [0, 0.1) is 12.8 Å². The lowest BCUT2D eigenvalue weighted by atomic mass is 9.68. The number of nitrogens with two attached hydrogens (primary N) is 1. The topological polar surface area (TPSA) is 51.8 Å². The van der Waals surface area contributed by atoms with E-state index in [1.807, 2.05) is 6.92 Å². The van der Waals surface area contributed by atoms with Crippen molar-refractivity contribution in [3.8, 4) is 0 Å². The van der Waals surface area contributed by atoms with Gasteiger partial charge in [-0.2, -0.15) is 0 Å². The van der Waals surface area contributed by atoms with Gasteiger partial charge in [-0.05, 0) is 25.7 Å². The molecule has 1 aromatic rings. The van der Waals surface area contributed by atoms with E-state index in [9.17, 15) is 0 Å². The number of rotatable bonds is 2. The summed E-state index contributed by atoms with van der Waals surface area (Å²) in [7, 11) is 0. The Balaban J connectivity index is 1.99. The summed E-state index contributed by atoms with van der Waals surface area (Å²) in [6.45, 7) is 4.23. The van der Waals surface area contributed by atoms with Gasteiger partial charge in [0.1, 0.15) is 10.0 Å². The molecule has 0 unspecified atom stereocenters. The minimum Gasteiger partial charge on any atom is -0.325 e. The Bertz CT molecular complexity index is 302. The fraction of sp³-hybridized carbons (Fsp3) is 0.778. The van der Waals surface area contributed by atoms with Crippen LogP contribution in [0.3, 0.4) is 0 Å². The lowest BCUT2D eigenvalue weighted by Crippen LogP contribution is -2.52. The fourth-order valence-corrected chi connectivity index (χ4v) is 3.05. The van der Waals surface area contributed by atoms with Crippen molar-refractivity contribution in [1.82, 2.24) is 10.2 Å². The van der Waals surface area contributed by atoms with Crippen LogP contribution in [-0.4, -0.2) is 15.7 Å². The quantitative estimate of drug-likeness (QED) is 0.782. The summed E-state index contributed by atoms with van der Waals surface area (Å²) < 4.78 is 0. The third-order valence-corrected chi connectivity index (χ3v) is 3.42. The standard InChI is InChI=1S/C9H15N3S/c1-6-3-9(10,4-6)5-8-12-11-7(2)13-8/h6H,3-5,10H2,1-2H3. The second kappa shape index (κ2) is 3.03. The van der Waals surface area contributed by atoms with E-state index < -0.39 is 0 Å².